The van der Waals surface area contributed by atoms with E-state index in [1.807, 2.05) is 0 Å². The SMILES string of the molecule is CCOC1(C(=O)NS(=O)(=O)CC(C)OC)CCCC1. The van der Waals surface area contributed by atoms with Gasteiger partial charge in [-0.05, 0) is 39.5 Å². The lowest BCUT2D eigenvalue weighted by Gasteiger charge is -2.27. The molecular formula is C12H23NO5S. The van der Waals surface area contributed by atoms with Gasteiger partial charge in [0.15, 0.2) is 0 Å². The normalized spacial score (nSPS) is 20.2. The van der Waals surface area contributed by atoms with Crippen LogP contribution in [0.1, 0.15) is 39.5 Å². The highest BCUT2D eigenvalue weighted by Crippen LogP contribution is 2.33. The quantitative estimate of drug-likeness (QED) is 0.751. The smallest absolute Gasteiger partial charge is 0.265 e. The summed E-state index contributed by atoms with van der Waals surface area (Å²) < 4.78 is 36.2. The van der Waals surface area contributed by atoms with Crippen molar-refractivity contribution < 1.29 is 22.7 Å². The number of hydrogen-bond donors (Lipinski definition) is 1. The molecule has 1 fully saturated rings. The molecule has 0 bridgehead atoms. The fourth-order valence-electron chi connectivity index (χ4n) is 2.31. The first-order valence-corrected chi connectivity index (χ1v) is 8.22. The summed E-state index contributed by atoms with van der Waals surface area (Å²) in [5, 5.41) is 0. The van der Waals surface area contributed by atoms with E-state index < -0.39 is 27.6 Å². The van der Waals surface area contributed by atoms with Gasteiger partial charge in [0.25, 0.3) is 5.91 Å². The van der Waals surface area contributed by atoms with Crippen LogP contribution in [0.4, 0.5) is 0 Å². The van der Waals surface area contributed by atoms with E-state index in [4.69, 9.17) is 9.47 Å². The third kappa shape index (κ3) is 4.43. The molecule has 1 amide bonds. The summed E-state index contributed by atoms with van der Waals surface area (Å²) in [7, 11) is -2.26. The van der Waals surface area contributed by atoms with Gasteiger partial charge in [-0.1, -0.05) is 0 Å². The highest BCUT2D eigenvalue weighted by Gasteiger charge is 2.43. The Morgan fingerprint density at radius 3 is 2.42 bits per heavy atom. The number of carbonyl (C=O) groups excluding carboxylic acids is 1. The van der Waals surface area contributed by atoms with Crippen molar-refractivity contribution in [3.8, 4) is 0 Å². The monoisotopic (exact) mass is 293 g/mol. The van der Waals surface area contributed by atoms with Crippen molar-refractivity contribution in [1.82, 2.24) is 4.72 Å². The predicted molar refractivity (Wildman–Crippen MR) is 71.2 cm³/mol. The molecule has 0 aromatic carbocycles. The van der Waals surface area contributed by atoms with Crippen molar-refractivity contribution in [3.05, 3.63) is 0 Å². The summed E-state index contributed by atoms with van der Waals surface area (Å²) in [6, 6.07) is 0. The van der Waals surface area contributed by atoms with Crippen LogP contribution in [0.5, 0.6) is 0 Å². The minimum absolute atomic E-state index is 0.239. The van der Waals surface area contributed by atoms with E-state index in [1.54, 1.807) is 13.8 Å². The summed E-state index contributed by atoms with van der Waals surface area (Å²) in [4.78, 5) is 12.2. The Bertz CT molecular complexity index is 400. The topological polar surface area (TPSA) is 81.7 Å². The minimum Gasteiger partial charge on any atom is -0.381 e. The van der Waals surface area contributed by atoms with Gasteiger partial charge in [0, 0.05) is 13.7 Å². The van der Waals surface area contributed by atoms with Gasteiger partial charge in [-0.2, -0.15) is 0 Å². The van der Waals surface area contributed by atoms with E-state index in [0.29, 0.717) is 19.4 Å². The highest BCUT2D eigenvalue weighted by molar-refractivity contribution is 7.90. The molecule has 7 heteroatoms. The van der Waals surface area contributed by atoms with Crippen molar-refractivity contribution in [3.63, 3.8) is 0 Å². The van der Waals surface area contributed by atoms with Gasteiger partial charge in [-0.15, -0.1) is 0 Å². The van der Waals surface area contributed by atoms with Crippen LogP contribution in [-0.4, -0.2) is 45.5 Å². The van der Waals surface area contributed by atoms with Crippen LogP contribution in [0.3, 0.4) is 0 Å². The van der Waals surface area contributed by atoms with Crippen LogP contribution < -0.4 is 4.72 Å². The van der Waals surface area contributed by atoms with Crippen molar-refractivity contribution in [2.24, 2.45) is 0 Å². The second kappa shape index (κ2) is 6.67. The van der Waals surface area contributed by atoms with Gasteiger partial charge in [0.2, 0.25) is 10.0 Å². The molecule has 0 aromatic heterocycles. The molecule has 1 atom stereocenters. The average molecular weight is 293 g/mol. The number of amides is 1. The number of ether oxygens (including phenoxy) is 2. The maximum Gasteiger partial charge on any atom is 0.265 e. The van der Waals surface area contributed by atoms with Crippen molar-refractivity contribution >= 4 is 15.9 Å². The first-order valence-electron chi connectivity index (χ1n) is 6.57. The maximum absolute atomic E-state index is 12.2. The van der Waals surface area contributed by atoms with Gasteiger partial charge in [-0.25, -0.2) is 8.42 Å². The lowest BCUT2D eigenvalue weighted by Crippen LogP contribution is -2.50. The molecule has 1 unspecified atom stereocenters. The van der Waals surface area contributed by atoms with E-state index >= 15 is 0 Å². The molecular weight excluding hydrogens is 270 g/mol. The Morgan fingerprint density at radius 2 is 1.95 bits per heavy atom. The Morgan fingerprint density at radius 1 is 1.37 bits per heavy atom. The van der Waals surface area contributed by atoms with Crippen LogP contribution in [0.2, 0.25) is 0 Å². The molecule has 0 radical (unpaired) electrons. The molecule has 0 saturated heterocycles. The van der Waals surface area contributed by atoms with E-state index in [2.05, 4.69) is 4.72 Å². The zero-order chi connectivity index (χ0) is 14.5. The van der Waals surface area contributed by atoms with Crippen molar-refractivity contribution in [2.45, 2.75) is 51.2 Å². The molecule has 6 nitrogen and oxygen atoms in total. The number of nitrogens with one attached hydrogen (secondary N) is 1. The van der Waals surface area contributed by atoms with Gasteiger partial charge in [0.05, 0.1) is 11.9 Å². The van der Waals surface area contributed by atoms with Gasteiger partial charge in [-0.3, -0.25) is 9.52 Å². The molecule has 19 heavy (non-hydrogen) atoms. The Labute approximate surface area is 114 Å². The molecule has 1 aliphatic carbocycles. The molecule has 0 spiro atoms. The average Bonchev–Trinajstić information content (AvgIpc) is 2.78. The molecule has 1 saturated carbocycles. The summed E-state index contributed by atoms with van der Waals surface area (Å²) in [6.45, 7) is 3.83. The van der Waals surface area contributed by atoms with Crippen molar-refractivity contribution in [2.75, 3.05) is 19.5 Å². The third-order valence-corrected chi connectivity index (χ3v) is 4.76. The van der Waals surface area contributed by atoms with Crippen LogP contribution in [-0.2, 0) is 24.3 Å². The lowest BCUT2D eigenvalue weighted by molar-refractivity contribution is -0.143. The van der Waals surface area contributed by atoms with Gasteiger partial charge in [0.1, 0.15) is 5.60 Å². The Balaban J connectivity index is 2.72. The lowest BCUT2D eigenvalue weighted by atomic mass is 10.0. The molecule has 0 aliphatic heterocycles. The maximum atomic E-state index is 12.2. The molecule has 0 aromatic rings. The number of sulfonamides is 1. The van der Waals surface area contributed by atoms with Crippen LogP contribution >= 0.6 is 0 Å². The first kappa shape index (κ1) is 16.4. The Kier molecular flexibility index (Phi) is 5.76. The number of carbonyl (C=O) groups is 1. The third-order valence-electron chi connectivity index (χ3n) is 3.35. The van der Waals surface area contributed by atoms with E-state index in [-0.39, 0.29) is 5.75 Å². The molecule has 112 valence electrons. The fourth-order valence-corrected chi connectivity index (χ4v) is 3.62. The first-order chi connectivity index (χ1) is 8.85. The van der Waals surface area contributed by atoms with E-state index in [9.17, 15) is 13.2 Å². The second-order valence-corrected chi connectivity index (χ2v) is 6.66. The largest absolute Gasteiger partial charge is 0.381 e. The number of rotatable bonds is 7. The van der Waals surface area contributed by atoms with E-state index in [0.717, 1.165) is 12.8 Å². The predicted octanol–water partition coefficient (Wildman–Crippen LogP) is 0.817. The van der Waals surface area contributed by atoms with Crippen LogP contribution in [0.25, 0.3) is 0 Å². The molecule has 1 aliphatic rings. The van der Waals surface area contributed by atoms with Gasteiger partial charge >= 0.3 is 0 Å². The van der Waals surface area contributed by atoms with Crippen LogP contribution in [0.15, 0.2) is 0 Å². The summed E-state index contributed by atoms with van der Waals surface area (Å²) in [6.07, 6.45) is 2.44. The summed E-state index contributed by atoms with van der Waals surface area (Å²) in [5.41, 5.74) is -0.974. The minimum atomic E-state index is -3.69. The number of hydrogen-bond acceptors (Lipinski definition) is 5. The zero-order valence-corrected chi connectivity index (χ0v) is 12.6. The molecule has 0 heterocycles. The second-order valence-electron chi connectivity index (χ2n) is 4.89. The standard InChI is InChI=1S/C12H23NO5S/c1-4-18-12(7-5-6-8-12)11(14)13-19(15,16)9-10(2)17-3/h10H,4-9H2,1-3H3,(H,13,14). The zero-order valence-electron chi connectivity index (χ0n) is 11.8. The fraction of sp³-hybridized carbons (Fsp3) is 0.917. The summed E-state index contributed by atoms with van der Waals surface area (Å²) in [5.74, 6) is -0.785. The van der Waals surface area contributed by atoms with Crippen LogP contribution in [0, 0.1) is 0 Å². The molecule has 1 rings (SSSR count). The number of methoxy groups -OCH3 is 1. The van der Waals surface area contributed by atoms with E-state index in [1.165, 1.54) is 7.11 Å². The van der Waals surface area contributed by atoms with Crippen molar-refractivity contribution in [1.29, 1.82) is 0 Å². The summed E-state index contributed by atoms with van der Waals surface area (Å²) >= 11 is 0. The van der Waals surface area contributed by atoms with Gasteiger partial charge < -0.3 is 9.47 Å². The Hall–Kier alpha value is -0.660. The highest BCUT2D eigenvalue weighted by atomic mass is 32.2. The molecule has 1 N–H and O–H groups in total.